The Kier molecular flexibility index (Phi) is 10.8. The van der Waals surface area contributed by atoms with Crippen LogP contribution in [0.5, 0.6) is 0 Å². The minimum absolute atomic E-state index is 0. The van der Waals surface area contributed by atoms with Crippen molar-refractivity contribution in [3.05, 3.63) is 0 Å². The van der Waals surface area contributed by atoms with E-state index in [9.17, 15) is 0 Å². The van der Waals surface area contributed by atoms with Crippen LogP contribution in [0.2, 0.25) is 0 Å². The van der Waals surface area contributed by atoms with Gasteiger partial charge in [-0.25, -0.2) is 0 Å². The first kappa shape index (κ1) is 17.5. The van der Waals surface area contributed by atoms with Crippen molar-refractivity contribution in [1.82, 2.24) is 4.90 Å². The average molecular weight is 282 g/mol. The zero-order valence-corrected chi connectivity index (χ0v) is 13.0. The zero-order valence-electron chi connectivity index (χ0n) is 11.5. The zero-order chi connectivity index (χ0) is 11.8. The first-order valence-electron chi connectivity index (χ1n) is 7.11. The van der Waals surface area contributed by atoms with Gasteiger partial charge in [-0.1, -0.05) is 39.5 Å². The average Bonchev–Trinajstić information content (AvgIpc) is 2.67. The molecule has 1 fully saturated rings. The Bertz CT molecular complexity index is 176. The van der Waals surface area contributed by atoms with Crippen LogP contribution >= 0.6 is 24.0 Å². The van der Waals surface area contributed by atoms with E-state index in [1.807, 2.05) is 0 Å². The van der Waals surface area contributed by atoms with Gasteiger partial charge in [-0.3, -0.25) is 4.90 Å². The molecule has 0 aromatic heterocycles. The Morgan fingerprint density at radius 2 is 1.76 bits per heavy atom. The van der Waals surface area contributed by atoms with E-state index < -0.39 is 0 Å². The fourth-order valence-corrected chi connectivity index (χ4v) is 3.13. The SMILES string of the molecule is CCCCC1CC(CCCC)N(CCCl)C1.Cl. The van der Waals surface area contributed by atoms with E-state index in [0.717, 1.165) is 24.4 Å². The van der Waals surface area contributed by atoms with Crippen molar-refractivity contribution in [2.75, 3.05) is 19.0 Å². The van der Waals surface area contributed by atoms with Crippen LogP contribution in [0.3, 0.4) is 0 Å². The summed E-state index contributed by atoms with van der Waals surface area (Å²) >= 11 is 5.89. The summed E-state index contributed by atoms with van der Waals surface area (Å²) in [6, 6.07) is 0.834. The second kappa shape index (κ2) is 10.5. The molecule has 1 aliphatic heterocycles. The number of hydrogen-bond donors (Lipinski definition) is 0. The van der Waals surface area contributed by atoms with Crippen molar-refractivity contribution in [3.8, 4) is 0 Å². The summed E-state index contributed by atoms with van der Waals surface area (Å²) in [6.07, 6.45) is 9.69. The topological polar surface area (TPSA) is 3.24 Å². The summed E-state index contributed by atoms with van der Waals surface area (Å²) < 4.78 is 0. The second-order valence-electron chi connectivity index (χ2n) is 5.22. The van der Waals surface area contributed by atoms with Gasteiger partial charge in [0.15, 0.2) is 0 Å². The molecular weight excluding hydrogens is 253 g/mol. The number of unbranched alkanes of at least 4 members (excludes halogenated alkanes) is 2. The minimum atomic E-state index is 0. The molecule has 1 heterocycles. The first-order chi connectivity index (χ1) is 7.81. The number of rotatable bonds is 8. The smallest absolute Gasteiger partial charge is 0.0351 e. The van der Waals surface area contributed by atoms with Crippen LogP contribution in [-0.4, -0.2) is 29.9 Å². The van der Waals surface area contributed by atoms with E-state index in [4.69, 9.17) is 11.6 Å². The molecule has 0 saturated carbocycles. The van der Waals surface area contributed by atoms with E-state index in [0.29, 0.717) is 0 Å². The molecule has 1 aliphatic rings. The van der Waals surface area contributed by atoms with Gasteiger partial charge in [0.25, 0.3) is 0 Å². The summed E-state index contributed by atoms with van der Waals surface area (Å²) in [6.45, 7) is 6.98. The normalized spacial score (nSPS) is 24.9. The Morgan fingerprint density at radius 3 is 2.35 bits per heavy atom. The molecule has 0 radical (unpaired) electrons. The predicted octanol–water partition coefficient (Wildman–Crippen LogP) is 4.72. The molecule has 0 aromatic carbocycles. The third-order valence-electron chi connectivity index (χ3n) is 3.84. The molecule has 0 spiro atoms. The predicted molar refractivity (Wildman–Crippen MR) is 80.5 cm³/mol. The fraction of sp³-hybridized carbons (Fsp3) is 1.00. The largest absolute Gasteiger partial charge is 0.299 e. The van der Waals surface area contributed by atoms with E-state index >= 15 is 0 Å². The van der Waals surface area contributed by atoms with Crippen molar-refractivity contribution in [1.29, 1.82) is 0 Å². The molecule has 104 valence electrons. The lowest BCUT2D eigenvalue weighted by molar-refractivity contribution is 0.250. The highest BCUT2D eigenvalue weighted by molar-refractivity contribution is 6.18. The molecular formula is C14H29Cl2N. The van der Waals surface area contributed by atoms with E-state index in [1.54, 1.807) is 0 Å². The highest BCUT2D eigenvalue weighted by Crippen LogP contribution is 2.29. The maximum Gasteiger partial charge on any atom is 0.0351 e. The lowest BCUT2D eigenvalue weighted by Gasteiger charge is -2.23. The minimum Gasteiger partial charge on any atom is -0.299 e. The molecule has 0 aromatic rings. The van der Waals surface area contributed by atoms with Gasteiger partial charge in [-0.15, -0.1) is 24.0 Å². The molecule has 2 unspecified atom stereocenters. The standard InChI is InChI=1S/C14H28ClN.ClH/c1-3-5-7-13-11-14(8-6-4-2)16(12-13)10-9-15;/h13-14H,3-12H2,1-2H3;1H. The summed E-state index contributed by atoms with van der Waals surface area (Å²) in [5, 5.41) is 0. The van der Waals surface area contributed by atoms with Crippen molar-refractivity contribution in [3.63, 3.8) is 0 Å². The molecule has 17 heavy (non-hydrogen) atoms. The van der Waals surface area contributed by atoms with Crippen molar-refractivity contribution < 1.29 is 0 Å². The number of nitrogens with zero attached hydrogens (tertiary/aromatic N) is 1. The molecule has 3 heteroatoms. The Hall–Kier alpha value is 0.540. The molecule has 1 nitrogen and oxygen atoms in total. The van der Waals surface area contributed by atoms with Crippen LogP contribution in [0.25, 0.3) is 0 Å². The van der Waals surface area contributed by atoms with E-state index in [-0.39, 0.29) is 12.4 Å². The van der Waals surface area contributed by atoms with Gasteiger partial charge in [0, 0.05) is 25.0 Å². The number of hydrogen-bond acceptors (Lipinski definition) is 1. The third-order valence-corrected chi connectivity index (χ3v) is 4.01. The van der Waals surface area contributed by atoms with Gasteiger partial charge in [-0.05, 0) is 25.2 Å². The van der Waals surface area contributed by atoms with Gasteiger partial charge >= 0.3 is 0 Å². The van der Waals surface area contributed by atoms with Crippen molar-refractivity contribution in [2.45, 2.75) is 64.8 Å². The lowest BCUT2D eigenvalue weighted by atomic mass is 9.97. The van der Waals surface area contributed by atoms with Crippen LogP contribution in [-0.2, 0) is 0 Å². The molecule has 0 amide bonds. The second-order valence-corrected chi connectivity index (χ2v) is 5.60. The summed E-state index contributed by atoms with van der Waals surface area (Å²) in [4.78, 5) is 2.64. The van der Waals surface area contributed by atoms with Gasteiger partial charge in [-0.2, -0.15) is 0 Å². The van der Waals surface area contributed by atoms with Crippen LogP contribution in [0, 0.1) is 5.92 Å². The first-order valence-corrected chi connectivity index (χ1v) is 7.65. The van der Waals surface area contributed by atoms with Crippen molar-refractivity contribution >= 4 is 24.0 Å². The van der Waals surface area contributed by atoms with Gasteiger partial charge < -0.3 is 0 Å². The Labute approximate surface area is 119 Å². The van der Waals surface area contributed by atoms with Gasteiger partial charge in [0.2, 0.25) is 0 Å². The highest BCUT2D eigenvalue weighted by Gasteiger charge is 2.30. The van der Waals surface area contributed by atoms with Gasteiger partial charge in [0.05, 0.1) is 0 Å². The van der Waals surface area contributed by atoms with Gasteiger partial charge in [0.1, 0.15) is 0 Å². The molecule has 0 N–H and O–H groups in total. The van der Waals surface area contributed by atoms with E-state index in [2.05, 4.69) is 18.7 Å². The van der Waals surface area contributed by atoms with Crippen LogP contribution < -0.4 is 0 Å². The van der Waals surface area contributed by atoms with Crippen LogP contribution in [0.1, 0.15) is 58.8 Å². The van der Waals surface area contributed by atoms with E-state index in [1.165, 1.54) is 51.5 Å². The molecule has 0 bridgehead atoms. The summed E-state index contributed by atoms with van der Waals surface area (Å²) in [5.41, 5.74) is 0. The Balaban J connectivity index is 0.00000256. The maximum absolute atomic E-state index is 5.89. The highest BCUT2D eigenvalue weighted by atomic mass is 35.5. The maximum atomic E-state index is 5.89. The number of alkyl halides is 1. The molecule has 1 saturated heterocycles. The van der Waals surface area contributed by atoms with Crippen LogP contribution in [0.15, 0.2) is 0 Å². The monoisotopic (exact) mass is 281 g/mol. The fourth-order valence-electron chi connectivity index (χ4n) is 2.91. The molecule has 1 rings (SSSR count). The Morgan fingerprint density at radius 1 is 1.12 bits per heavy atom. The summed E-state index contributed by atoms with van der Waals surface area (Å²) in [7, 11) is 0. The molecule has 0 aliphatic carbocycles. The number of likely N-dealkylation sites (tertiary alicyclic amines) is 1. The third kappa shape index (κ3) is 6.31. The summed E-state index contributed by atoms with van der Waals surface area (Å²) in [5.74, 6) is 1.74. The van der Waals surface area contributed by atoms with Crippen LogP contribution in [0.4, 0.5) is 0 Å². The molecule has 2 atom stereocenters. The lowest BCUT2D eigenvalue weighted by Crippen LogP contribution is -2.31. The van der Waals surface area contributed by atoms with Crippen molar-refractivity contribution in [2.24, 2.45) is 5.92 Å². The quantitative estimate of drug-likeness (QED) is 0.582. The number of halogens is 2.